The third-order valence-electron chi connectivity index (χ3n) is 0.842. The Labute approximate surface area is 72.1 Å². The van der Waals surface area contributed by atoms with Crippen LogP contribution in [0.1, 0.15) is 16.5 Å². The second-order valence-corrected chi connectivity index (χ2v) is 1.56. The van der Waals surface area contributed by atoms with Crippen molar-refractivity contribution in [3.8, 4) is 0 Å². The minimum Gasteiger partial charge on any atom is -0.399 e. The van der Waals surface area contributed by atoms with Gasteiger partial charge < -0.3 is 11.5 Å². The van der Waals surface area contributed by atoms with Gasteiger partial charge in [-0.05, 0) is 30.5 Å². The molecule has 0 aromatic heterocycles. The van der Waals surface area contributed by atoms with Crippen LogP contribution in [0.15, 0.2) is 24.2 Å². The van der Waals surface area contributed by atoms with Crippen molar-refractivity contribution in [1.82, 2.24) is 0 Å². The van der Waals surface area contributed by atoms with Gasteiger partial charge in [-0.3, -0.25) is 0 Å². The minimum absolute atomic E-state index is 0.415. The molecule has 0 radical (unpaired) electrons. The van der Waals surface area contributed by atoms with Crippen LogP contribution in [0.5, 0.6) is 0 Å². The van der Waals surface area contributed by atoms with Gasteiger partial charge in [0.1, 0.15) is 0 Å². The van der Waals surface area contributed by atoms with Crippen molar-refractivity contribution in [3.63, 3.8) is 0 Å². The average molecular weight is 144 g/mol. The number of hydrogen-bond donors (Lipinski definition) is 2. The average Bonchev–Trinajstić information content (AvgIpc) is 2.22. The van der Waals surface area contributed by atoms with Gasteiger partial charge in [0.15, 0.2) is 0 Å². The van der Waals surface area contributed by atoms with E-state index in [0.29, 0.717) is 0 Å². The van der Waals surface area contributed by atoms with Crippen molar-refractivity contribution in [2.75, 3.05) is 12.2 Å². The molecule has 0 amide bonds. The zero-order chi connectivity index (χ0) is 14.5. The lowest BCUT2D eigenvalue weighted by atomic mass is 10.1. The number of benzene rings is 1. The summed E-state index contributed by atoms with van der Waals surface area (Å²) in [5, 5.41) is 0. The number of nitrogens with two attached hydrogens (primary N) is 2. The lowest BCUT2D eigenvalue weighted by Crippen LogP contribution is -2.02. The molecule has 0 atom stereocenters. The summed E-state index contributed by atoms with van der Waals surface area (Å²) in [4.78, 5) is 0. The third kappa shape index (κ3) is 1.74. The molecule has 54 valence electrons. The van der Waals surface area contributed by atoms with Gasteiger partial charge in [-0.2, -0.15) is 0 Å². The van der Waals surface area contributed by atoms with E-state index in [0.717, 1.165) is 0 Å². The lowest BCUT2D eigenvalue weighted by molar-refractivity contribution is 0.969. The first-order chi connectivity index (χ1) is 7.93. The van der Waals surface area contributed by atoms with Crippen LogP contribution in [0, 0.1) is 0 Å². The number of rotatable bonds is 2. The first kappa shape index (κ1) is 1.98. The lowest BCUT2D eigenvalue weighted by Gasteiger charge is -1.97. The molecule has 0 saturated carbocycles. The Morgan fingerprint density at radius 1 is 1.40 bits per heavy atom. The molecule has 0 aliphatic rings. The predicted octanol–water partition coefficient (Wildman–Crippen LogP) is 0.770. The molecule has 1 aromatic rings. The molecule has 0 aliphatic heterocycles. The molecule has 2 nitrogen and oxygen atoms in total. The van der Waals surface area contributed by atoms with E-state index >= 15 is 0 Å². The quantitative estimate of drug-likeness (QED) is 0.602. The standard InChI is InChI=1S/C8H12N2/c9-6-5-7-1-3-8(10)4-2-7/h1-4H,5-6,9-10H2/i1D,2D,3D,4D,5D2,6D2. The summed E-state index contributed by atoms with van der Waals surface area (Å²) in [7, 11) is 0. The summed E-state index contributed by atoms with van der Waals surface area (Å²) >= 11 is 0. The van der Waals surface area contributed by atoms with Crippen molar-refractivity contribution in [3.05, 3.63) is 29.7 Å². The van der Waals surface area contributed by atoms with Crippen LogP contribution in [0.4, 0.5) is 5.69 Å². The molecule has 0 unspecified atom stereocenters. The molecule has 10 heavy (non-hydrogen) atoms. The Morgan fingerprint density at radius 2 is 2.00 bits per heavy atom. The van der Waals surface area contributed by atoms with Gasteiger partial charge >= 0.3 is 0 Å². The van der Waals surface area contributed by atoms with Crippen molar-refractivity contribution < 1.29 is 11.0 Å². The van der Waals surface area contributed by atoms with Crippen molar-refractivity contribution in [2.45, 2.75) is 6.37 Å². The summed E-state index contributed by atoms with van der Waals surface area (Å²) < 4.78 is 59.7. The molecule has 0 heterocycles. The van der Waals surface area contributed by atoms with E-state index < -0.39 is 48.3 Å². The Kier molecular flexibility index (Phi) is 0.640. The summed E-state index contributed by atoms with van der Waals surface area (Å²) in [5.41, 5.74) is 9.25. The zero-order valence-corrected chi connectivity index (χ0v) is 5.15. The Hall–Kier alpha value is -1.02. The zero-order valence-electron chi connectivity index (χ0n) is 13.2. The maximum atomic E-state index is 7.58. The normalized spacial score (nSPS) is 24.1. The van der Waals surface area contributed by atoms with Crippen LogP contribution in [-0.2, 0) is 6.37 Å². The van der Waals surface area contributed by atoms with Gasteiger partial charge in [0, 0.05) is 11.2 Å². The number of anilines is 1. The molecule has 1 rings (SSSR count). The van der Waals surface area contributed by atoms with Gasteiger partial charge in [-0.25, -0.2) is 0 Å². The predicted molar refractivity (Wildman–Crippen MR) is 43.6 cm³/mol. The Bertz CT molecular complexity index is 464. The summed E-state index contributed by atoms with van der Waals surface area (Å²) in [6.07, 6.45) is -2.87. The van der Waals surface area contributed by atoms with Gasteiger partial charge in [-0.1, -0.05) is 12.1 Å². The van der Waals surface area contributed by atoms with Crippen molar-refractivity contribution >= 4 is 5.69 Å². The first-order valence-corrected chi connectivity index (χ1v) is 2.58. The maximum absolute atomic E-state index is 7.58. The summed E-state index contributed by atoms with van der Waals surface area (Å²) in [6, 6.07) is -2.68. The van der Waals surface area contributed by atoms with Crippen LogP contribution in [0.25, 0.3) is 0 Å². The Morgan fingerprint density at radius 3 is 2.50 bits per heavy atom. The SMILES string of the molecule is [2H]c1c([2H])c(C([2H])([2H])C([2H])([2H])N)c([2H])c([2H])c1N. The summed E-state index contributed by atoms with van der Waals surface area (Å²) in [6.45, 7) is -2.85. The fraction of sp³-hybridized carbons (Fsp3) is 0.250. The topological polar surface area (TPSA) is 52.0 Å². The first-order valence-electron chi connectivity index (χ1n) is 6.58. The van der Waals surface area contributed by atoms with Crippen LogP contribution >= 0.6 is 0 Å². The molecule has 0 fully saturated rings. The van der Waals surface area contributed by atoms with E-state index in [2.05, 4.69) is 0 Å². The molecule has 0 spiro atoms. The molecule has 0 aliphatic carbocycles. The molecule has 0 saturated heterocycles. The maximum Gasteiger partial charge on any atom is 0.0645 e. The van der Waals surface area contributed by atoms with Gasteiger partial charge in [0.25, 0.3) is 0 Å². The second kappa shape index (κ2) is 3.22. The van der Waals surface area contributed by atoms with Gasteiger partial charge in [0.05, 0.1) is 5.48 Å². The molecular formula is C8H12N2. The van der Waals surface area contributed by atoms with E-state index in [4.69, 9.17) is 22.4 Å². The highest BCUT2D eigenvalue weighted by Gasteiger charge is 1.88. The van der Waals surface area contributed by atoms with Crippen LogP contribution in [0.2, 0.25) is 0 Å². The highest BCUT2D eigenvalue weighted by Crippen LogP contribution is 2.04. The van der Waals surface area contributed by atoms with Crippen LogP contribution in [0.3, 0.4) is 0 Å². The molecule has 2 heteroatoms. The van der Waals surface area contributed by atoms with E-state index in [9.17, 15) is 0 Å². The monoisotopic (exact) mass is 144 g/mol. The highest BCUT2D eigenvalue weighted by atomic mass is 14.5. The molecular weight excluding hydrogens is 124 g/mol. The molecule has 1 aromatic carbocycles. The summed E-state index contributed by atoms with van der Waals surface area (Å²) in [5.74, 6) is 0. The van der Waals surface area contributed by atoms with Crippen molar-refractivity contribution in [1.29, 1.82) is 0 Å². The smallest absolute Gasteiger partial charge is 0.0645 e. The van der Waals surface area contributed by atoms with E-state index in [1.807, 2.05) is 0 Å². The minimum atomic E-state index is -2.87. The highest BCUT2D eigenvalue weighted by molar-refractivity contribution is 5.39. The number of hydrogen-bond acceptors (Lipinski definition) is 2. The number of nitrogen functional groups attached to an aromatic ring is 1. The van der Waals surface area contributed by atoms with E-state index in [1.165, 1.54) is 0 Å². The van der Waals surface area contributed by atoms with Crippen molar-refractivity contribution in [2.24, 2.45) is 5.73 Å². The fourth-order valence-electron chi connectivity index (χ4n) is 0.457. The third-order valence-corrected chi connectivity index (χ3v) is 0.842. The van der Waals surface area contributed by atoms with Gasteiger partial charge in [-0.15, -0.1) is 0 Å². The van der Waals surface area contributed by atoms with Crippen LogP contribution in [-0.4, -0.2) is 6.50 Å². The van der Waals surface area contributed by atoms with Crippen LogP contribution < -0.4 is 11.5 Å². The Balaban J connectivity index is 3.72. The van der Waals surface area contributed by atoms with Gasteiger partial charge in [0.2, 0.25) is 0 Å². The van der Waals surface area contributed by atoms with E-state index in [1.54, 1.807) is 0 Å². The molecule has 0 bridgehead atoms. The van der Waals surface area contributed by atoms with E-state index in [-0.39, 0.29) is 0 Å². The fourth-order valence-corrected chi connectivity index (χ4v) is 0.457. The largest absolute Gasteiger partial charge is 0.399 e. The second-order valence-electron chi connectivity index (χ2n) is 1.56. The molecule has 4 N–H and O–H groups in total.